The maximum Gasteiger partial charge on any atom is 0.416 e. The summed E-state index contributed by atoms with van der Waals surface area (Å²) in [6.45, 7) is 1.91. The molecule has 0 aliphatic carbocycles. The van der Waals surface area contributed by atoms with Crippen molar-refractivity contribution in [2.45, 2.75) is 26.1 Å². The highest BCUT2D eigenvalue weighted by Gasteiger charge is 2.30. The van der Waals surface area contributed by atoms with Crippen LogP contribution in [0.25, 0.3) is 11.1 Å². The first-order chi connectivity index (χ1) is 14.3. The number of halogens is 3. The molecule has 0 bridgehead atoms. The van der Waals surface area contributed by atoms with Crippen LogP contribution in [-0.4, -0.2) is 12.6 Å². The molecule has 0 atom stereocenters. The normalized spacial score (nSPS) is 11.2. The maximum absolute atomic E-state index is 12.9. The van der Waals surface area contributed by atoms with Crippen LogP contribution in [0.3, 0.4) is 0 Å². The van der Waals surface area contributed by atoms with Gasteiger partial charge in [0, 0.05) is 13.3 Å². The molecule has 0 fully saturated rings. The summed E-state index contributed by atoms with van der Waals surface area (Å²) in [4.78, 5) is 11.0. The van der Waals surface area contributed by atoms with Crippen LogP contribution in [0.5, 0.6) is 5.75 Å². The molecule has 0 N–H and O–H groups in total. The molecule has 0 aromatic heterocycles. The third-order valence-electron chi connectivity index (χ3n) is 4.46. The van der Waals surface area contributed by atoms with Crippen LogP contribution in [0.1, 0.15) is 23.6 Å². The summed E-state index contributed by atoms with van der Waals surface area (Å²) in [6, 6.07) is 20.2. The molecule has 0 heterocycles. The number of alkyl halides is 3. The topological polar surface area (TPSA) is 35.5 Å². The first-order valence-electron chi connectivity index (χ1n) is 9.43. The Kier molecular flexibility index (Phi) is 6.77. The van der Waals surface area contributed by atoms with Crippen molar-refractivity contribution in [3.8, 4) is 16.9 Å². The Morgan fingerprint density at radius 1 is 0.867 bits per heavy atom. The predicted molar refractivity (Wildman–Crippen MR) is 108 cm³/mol. The SMILES string of the molecule is CC(=O)OCCc1cc(OCc2ccccc2)cc(-c2ccc(C(F)(F)F)cc2)c1. The van der Waals surface area contributed by atoms with Crippen LogP contribution in [0.2, 0.25) is 0 Å². The third-order valence-corrected chi connectivity index (χ3v) is 4.46. The molecular formula is C24H21F3O3. The Morgan fingerprint density at radius 3 is 2.20 bits per heavy atom. The highest BCUT2D eigenvalue weighted by Crippen LogP contribution is 2.32. The van der Waals surface area contributed by atoms with Crippen LogP contribution in [0.4, 0.5) is 13.2 Å². The van der Waals surface area contributed by atoms with Gasteiger partial charge in [0.25, 0.3) is 0 Å². The van der Waals surface area contributed by atoms with E-state index in [-0.39, 0.29) is 12.6 Å². The Labute approximate surface area is 173 Å². The minimum absolute atomic E-state index is 0.212. The van der Waals surface area contributed by atoms with E-state index in [2.05, 4.69) is 0 Å². The summed E-state index contributed by atoms with van der Waals surface area (Å²) >= 11 is 0. The molecule has 0 amide bonds. The van der Waals surface area contributed by atoms with Gasteiger partial charge < -0.3 is 9.47 Å². The molecule has 3 rings (SSSR count). The fourth-order valence-electron chi connectivity index (χ4n) is 2.96. The monoisotopic (exact) mass is 414 g/mol. The number of esters is 1. The first kappa shape index (κ1) is 21.4. The summed E-state index contributed by atoms with van der Waals surface area (Å²) in [5.41, 5.74) is 2.53. The zero-order valence-electron chi connectivity index (χ0n) is 16.4. The zero-order chi connectivity index (χ0) is 21.6. The van der Waals surface area contributed by atoms with E-state index in [0.29, 0.717) is 24.3 Å². The van der Waals surface area contributed by atoms with Gasteiger partial charge in [-0.3, -0.25) is 4.79 Å². The lowest BCUT2D eigenvalue weighted by atomic mass is 10.00. The van der Waals surface area contributed by atoms with Crippen molar-refractivity contribution < 1.29 is 27.4 Å². The van der Waals surface area contributed by atoms with Gasteiger partial charge in [0.1, 0.15) is 12.4 Å². The van der Waals surface area contributed by atoms with Crippen molar-refractivity contribution in [1.29, 1.82) is 0 Å². The summed E-state index contributed by atoms with van der Waals surface area (Å²) in [6.07, 6.45) is -3.91. The fourth-order valence-corrected chi connectivity index (χ4v) is 2.96. The van der Waals surface area contributed by atoms with Crippen molar-refractivity contribution >= 4 is 5.97 Å². The molecule has 6 heteroatoms. The fraction of sp³-hybridized carbons (Fsp3) is 0.208. The maximum atomic E-state index is 12.9. The van der Waals surface area contributed by atoms with Gasteiger partial charge in [-0.15, -0.1) is 0 Å². The van der Waals surface area contributed by atoms with E-state index >= 15 is 0 Å². The Balaban J connectivity index is 1.85. The second-order valence-corrected chi connectivity index (χ2v) is 6.81. The van der Waals surface area contributed by atoms with Gasteiger partial charge in [-0.2, -0.15) is 13.2 Å². The van der Waals surface area contributed by atoms with Gasteiger partial charge >= 0.3 is 12.1 Å². The lowest BCUT2D eigenvalue weighted by Gasteiger charge is -2.13. The number of ether oxygens (including phenoxy) is 2. The van der Waals surface area contributed by atoms with Gasteiger partial charge in [-0.1, -0.05) is 48.5 Å². The van der Waals surface area contributed by atoms with Crippen LogP contribution < -0.4 is 4.74 Å². The quantitative estimate of drug-likeness (QED) is 0.441. The minimum atomic E-state index is -4.38. The second-order valence-electron chi connectivity index (χ2n) is 6.81. The minimum Gasteiger partial charge on any atom is -0.489 e. The van der Waals surface area contributed by atoms with E-state index in [1.165, 1.54) is 19.1 Å². The predicted octanol–water partition coefficient (Wildman–Crippen LogP) is 6.06. The molecular weight excluding hydrogens is 393 g/mol. The van der Waals surface area contributed by atoms with E-state index in [4.69, 9.17) is 9.47 Å². The van der Waals surface area contributed by atoms with Gasteiger partial charge in [0.2, 0.25) is 0 Å². The summed E-state index contributed by atoms with van der Waals surface area (Å²) in [7, 11) is 0. The molecule has 0 aliphatic heterocycles. The molecule has 0 saturated heterocycles. The highest BCUT2D eigenvalue weighted by molar-refractivity contribution is 5.67. The third kappa shape index (κ3) is 6.11. The van der Waals surface area contributed by atoms with Gasteiger partial charge in [-0.25, -0.2) is 0 Å². The van der Waals surface area contributed by atoms with Crippen LogP contribution in [0.15, 0.2) is 72.8 Å². The Hall–Kier alpha value is -3.28. The number of rotatable bonds is 7. The van der Waals surface area contributed by atoms with Crippen LogP contribution >= 0.6 is 0 Å². The smallest absolute Gasteiger partial charge is 0.416 e. The molecule has 0 aliphatic rings. The summed E-state index contributed by atoms with van der Waals surface area (Å²) in [5.74, 6) is 0.225. The average Bonchev–Trinajstić information content (AvgIpc) is 2.72. The van der Waals surface area contributed by atoms with Crippen molar-refractivity contribution in [3.05, 3.63) is 89.5 Å². The van der Waals surface area contributed by atoms with E-state index in [0.717, 1.165) is 28.8 Å². The summed E-state index contributed by atoms with van der Waals surface area (Å²) < 4.78 is 49.5. The second kappa shape index (κ2) is 9.48. The van der Waals surface area contributed by atoms with E-state index in [9.17, 15) is 18.0 Å². The lowest BCUT2D eigenvalue weighted by Crippen LogP contribution is -2.04. The van der Waals surface area contributed by atoms with Gasteiger partial charge in [0.05, 0.1) is 12.2 Å². The Bertz CT molecular complexity index is 981. The number of carbonyl (C=O) groups excluding carboxylic acids is 1. The van der Waals surface area contributed by atoms with Gasteiger partial charge in [0.15, 0.2) is 0 Å². The van der Waals surface area contributed by atoms with Crippen molar-refractivity contribution in [1.82, 2.24) is 0 Å². The largest absolute Gasteiger partial charge is 0.489 e. The lowest BCUT2D eigenvalue weighted by molar-refractivity contribution is -0.141. The molecule has 0 radical (unpaired) electrons. The molecule has 3 aromatic carbocycles. The first-order valence-corrected chi connectivity index (χ1v) is 9.43. The number of carbonyl (C=O) groups is 1. The highest BCUT2D eigenvalue weighted by atomic mass is 19.4. The molecule has 0 saturated carbocycles. The summed E-state index contributed by atoms with van der Waals surface area (Å²) in [5, 5.41) is 0. The number of hydrogen-bond donors (Lipinski definition) is 0. The molecule has 30 heavy (non-hydrogen) atoms. The van der Waals surface area contributed by atoms with Crippen LogP contribution in [0, 0.1) is 0 Å². The van der Waals surface area contributed by atoms with Gasteiger partial charge in [-0.05, 0) is 46.5 Å². The number of benzene rings is 3. The van der Waals surface area contributed by atoms with E-state index in [1.54, 1.807) is 6.07 Å². The van der Waals surface area contributed by atoms with E-state index < -0.39 is 11.7 Å². The van der Waals surface area contributed by atoms with E-state index in [1.807, 2.05) is 42.5 Å². The number of hydrogen-bond acceptors (Lipinski definition) is 3. The van der Waals surface area contributed by atoms with Crippen molar-refractivity contribution in [3.63, 3.8) is 0 Å². The zero-order valence-corrected chi connectivity index (χ0v) is 16.4. The molecule has 0 unspecified atom stereocenters. The molecule has 3 nitrogen and oxygen atoms in total. The van der Waals surface area contributed by atoms with Crippen molar-refractivity contribution in [2.24, 2.45) is 0 Å². The van der Waals surface area contributed by atoms with Crippen LogP contribution in [-0.2, 0) is 28.7 Å². The molecule has 156 valence electrons. The molecule has 3 aromatic rings. The average molecular weight is 414 g/mol. The standard InChI is InChI=1S/C24H21F3O3/c1-17(28)29-12-11-19-13-21(20-7-9-22(10-8-20)24(25,26)27)15-23(14-19)30-16-18-5-3-2-4-6-18/h2-10,13-15H,11-12,16H2,1H3. The Morgan fingerprint density at radius 2 is 1.57 bits per heavy atom. The van der Waals surface area contributed by atoms with Crippen molar-refractivity contribution in [2.75, 3.05) is 6.61 Å². The molecule has 0 spiro atoms.